The molecule has 0 saturated heterocycles. The van der Waals surface area contributed by atoms with Crippen molar-refractivity contribution in [3.05, 3.63) is 75.4 Å². The smallest absolute Gasteiger partial charge is 0.270 e. The Morgan fingerprint density at radius 1 is 1.15 bits per heavy atom. The number of rotatable bonds is 5. The fourth-order valence-corrected chi connectivity index (χ4v) is 3.06. The second kappa shape index (κ2) is 6.96. The Morgan fingerprint density at radius 3 is 2.42 bits per heavy atom. The third kappa shape index (κ3) is 3.04. The summed E-state index contributed by atoms with van der Waals surface area (Å²) in [5, 5.41) is 12.6. The fraction of sp³-hybridized carbons (Fsp3) is 0.190. The Hall–Kier alpha value is -3.21. The Morgan fingerprint density at radius 2 is 1.81 bits per heavy atom. The van der Waals surface area contributed by atoms with Crippen molar-refractivity contribution in [2.24, 2.45) is 0 Å². The van der Waals surface area contributed by atoms with Crippen LogP contribution in [0.1, 0.15) is 37.6 Å². The standard InChI is InChI=1S/C21H20N2O3/c1-4-6-16(13(3)5-2)21(24)14-7-9-19-17(11-14)18-12-15(23(25)26)8-10-20(18)22-19/h4,6-12,22H,5H2,1-3H3/b6-4-,16-13+. The van der Waals surface area contributed by atoms with E-state index in [1.807, 2.05) is 45.1 Å². The van der Waals surface area contributed by atoms with Crippen molar-refractivity contribution >= 4 is 33.3 Å². The number of Topliss-reactive ketones (excluding diaryl/α,β-unsaturated/α-hetero) is 1. The number of carbonyl (C=O) groups is 1. The summed E-state index contributed by atoms with van der Waals surface area (Å²) in [4.78, 5) is 26.9. The molecule has 132 valence electrons. The van der Waals surface area contributed by atoms with Gasteiger partial charge in [0.1, 0.15) is 0 Å². The van der Waals surface area contributed by atoms with Gasteiger partial charge in [-0.15, -0.1) is 0 Å². The van der Waals surface area contributed by atoms with Crippen LogP contribution in [0.15, 0.2) is 59.7 Å². The molecule has 1 heterocycles. The van der Waals surface area contributed by atoms with Gasteiger partial charge >= 0.3 is 0 Å². The van der Waals surface area contributed by atoms with Gasteiger partial charge in [0.05, 0.1) is 4.92 Å². The van der Waals surface area contributed by atoms with E-state index < -0.39 is 4.92 Å². The van der Waals surface area contributed by atoms with Crippen molar-refractivity contribution in [2.45, 2.75) is 27.2 Å². The molecule has 26 heavy (non-hydrogen) atoms. The number of aromatic nitrogens is 1. The van der Waals surface area contributed by atoms with E-state index in [9.17, 15) is 14.9 Å². The lowest BCUT2D eigenvalue weighted by molar-refractivity contribution is -0.384. The highest BCUT2D eigenvalue weighted by Gasteiger charge is 2.15. The number of hydrogen-bond donors (Lipinski definition) is 1. The van der Waals surface area contributed by atoms with Crippen molar-refractivity contribution in [2.75, 3.05) is 0 Å². The Balaban J connectivity index is 2.19. The third-order valence-electron chi connectivity index (χ3n) is 4.62. The number of nitrogens with zero attached hydrogens (tertiary/aromatic N) is 1. The molecule has 0 aliphatic heterocycles. The molecule has 3 rings (SSSR count). The maximum Gasteiger partial charge on any atom is 0.270 e. The summed E-state index contributed by atoms with van der Waals surface area (Å²) in [6.45, 7) is 5.87. The Kier molecular flexibility index (Phi) is 4.71. The van der Waals surface area contributed by atoms with E-state index in [1.165, 1.54) is 6.07 Å². The maximum atomic E-state index is 13.0. The zero-order valence-electron chi connectivity index (χ0n) is 15.0. The van der Waals surface area contributed by atoms with Gasteiger partial charge in [-0.3, -0.25) is 14.9 Å². The molecule has 0 bridgehead atoms. The number of non-ortho nitro benzene ring substituents is 1. The summed E-state index contributed by atoms with van der Waals surface area (Å²) in [5.41, 5.74) is 3.99. The lowest BCUT2D eigenvalue weighted by Crippen LogP contribution is -2.04. The first-order valence-corrected chi connectivity index (χ1v) is 8.53. The van der Waals surface area contributed by atoms with E-state index in [-0.39, 0.29) is 11.5 Å². The number of nitro benzene ring substituents is 1. The summed E-state index contributed by atoms with van der Waals surface area (Å²) in [6, 6.07) is 10.2. The average molecular weight is 348 g/mol. The van der Waals surface area contributed by atoms with E-state index >= 15 is 0 Å². The largest absolute Gasteiger partial charge is 0.355 e. The van der Waals surface area contributed by atoms with Crippen molar-refractivity contribution in [1.82, 2.24) is 4.98 Å². The monoisotopic (exact) mass is 348 g/mol. The summed E-state index contributed by atoms with van der Waals surface area (Å²) in [6.07, 6.45) is 4.50. The highest BCUT2D eigenvalue weighted by molar-refractivity contribution is 6.15. The fourth-order valence-electron chi connectivity index (χ4n) is 3.06. The minimum absolute atomic E-state index is 0.0338. The van der Waals surface area contributed by atoms with Gasteiger partial charge in [-0.1, -0.05) is 24.6 Å². The molecule has 0 spiro atoms. The SMILES string of the molecule is C/C=C\C(C(=O)c1ccc2[nH]c3ccc([N+](=O)[O-])cc3c2c1)=C(\C)CC. The molecule has 0 unspecified atom stereocenters. The highest BCUT2D eigenvalue weighted by atomic mass is 16.6. The first-order valence-electron chi connectivity index (χ1n) is 8.53. The van der Waals surface area contributed by atoms with Crippen LogP contribution >= 0.6 is 0 Å². The van der Waals surface area contributed by atoms with Gasteiger partial charge in [0.25, 0.3) is 5.69 Å². The van der Waals surface area contributed by atoms with Crippen LogP contribution < -0.4 is 0 Å². The highest BCUT2D eigenvalue weighted by Crippen LogP contribution is 2.30. The van der Waals surface area contributed by atoms with Gasteiger partial charge in [0.15, 0.2) is 5.78 Å². The number of ketones is 1. The molecule has 5 heteroatoms. The predicted octanol–water partition coefficient (Wildman–Crippen LogP) is 5.71. The molecule has 2 aromatic carbocycles. The number of nitrogens with one attached hydrogen (secondary N) is 1. The molecular weight excluding hydrogens is 328 g/mol. The number of hydrogen-bond acceptors (Lipinski definition) is 3. The normalized spacial score (nSPS) is 12.7. The van der Waals surface area contributed by atoms with Gasteiger partial charge < -0.3 is 4.98 Å². The van der Waals surface area contributed by atoms with Gasteiger partial charge in [0.2, 0.25) is 0 Å². The number of fused-ring (bicyclic) bond motifs is 3. The zero-order chi connectivity index (χ0) is 18.8. The summed E-state index contributed by atoms with van der Waals surface area (Å²) >= 11 is 0. The molecule has 0 amide bonds. The van der Waals surface area contributed by atoms with E-state index in [1.54, 1.807) is 18.2 Å². The van der Waals surface area contributed by atoms with E-state index in [0.29, 0.717) is 11.1 Å². The number of carbonyl (C=O) groups excluding carboxylic acids is 1. The zero-order valence-corrected chi connectivity index (χ0v) is 15.0. The second-order valence-corrected chi connectivity index (χ2v) is 6.25. The number of benzene rings is 2. The van der Waals surface area contributed by atoms with Crippen LogP contribution in [0.3, 0.4) is 0 Å². The minimum Gasteiger partial charge on any atom is -0.355 e. The molecule has 5 nitrogen and oxygen atoms in total. The Bertz CT molecular complexity index is 1090. The molecule has 0 aliphatic carbocycles. The predicted molar refractivity (Wildman–Crippen MR) is 105 cm³/mol. The minimum atomic E-state index is -0.412. The van der Waals surface area contributed by atoms with E-state index in [4.69, 9.17) is 0 Å². The van der Waals surface area contributed by atoms with Crippen LogP contribution in [0, 0.1) is 10.1 Å². The van der Waals surface area contributed by atoms with E-state index in [2.05, 4.69) is 4.98 Å². The van der Waals surface area contributed by atoms with Crippen molar-refractivity contribution in [3.63, 3.8) is 0 Å². The van der Waals surface area contributed by atoms with Crippen LogP contribution in [0.5, 0.6) is 0 Å². The summed E-state index contributed by atoms with van der Waals surface area (Å²) in [7, 11) is 0. The molecule has 1 N–H and O–H groups in total. The van der Waals surface area contributed by atoms with Crippen LogP contribution in [0.25, 0.3) is 21.8 Å². The maximum absolute atomic E-state index is 13.0. The molecule has 0 atom stereocenters. The van der Waals surface area contributed by atoms with E-state index in [0.717, 1.165) is 33.8 Å². The second-order valence-electron chi connectivity index (χ2n) is 6.25. The van der Waals surface area contributed by atoms with Gasteiger partial charge in [-0.25, -0.2) is 0 Å². The first-order chi connectivity index (χ1) is 12.5. The molecule has 0 saturated carbocycles. The lowest BCUT2D eigenvalue weighted by atomic mass is 9.96. The van der Waals surface area contributed by atoms with Crippen LogP contribution in [0.4, 0.5) is 5.69 Å². The molecular formula is C21H20N2O3. The van der Waals surface area contributed by atoms with Crippen molar-refractivity contribution < 1.29 is 9.72 Å². The molecule has 3 aromatic rings. The molecule has 0 aliphatic rings. The topological polar surface area (TPSA) is 76.0 Å². The lowest BCUT2D eigenvalue weighted by Gasteiger charge is -2.07. The number of H-pyrrole nitrogens is 1. The van der Waals surface area contributed by atoms with Crippen LogP contribution in [-0.2, 0) is 0 Å². The van der Waals surface area contributed by atoms with Crippen LogP contribution in [-0.4, -0.2) is 15.7 Å². The van der Waals surface area contributed by atoms with Crippen molar-refractivity contribution in [3.8, 4) is 0 Å². The average Bonchev–Trinajstić information content (AvgIpc) is 3.01. The summed E-state index contributed by atoms with van der Waals surface area (Å²) < 4.78 is 0. The number of nitro groups is 1. The first kappa shape index (κ1) is 17.6. The quantitative estimate of drug-likeness (QED) is 0.211. The van der Waals surface area contributed by atoms with Crippen LogP contribution in [0.2, 0.25) is 0 Å². The molecule has 1 aromatic heterocycles. The Labute approximate surface area is 151 Å². The molecule has 0 fully saturated rings. The molecule has 0 radical (unpaired) electrons. The van der Waals surface area contributed by atoms with Crippen molar-refractivity contribution in [1.29, 1.82) is 0 Å². The number of allylic oxidation sites excluding steroid dienone is 4. The third-order valence-corrected chi connectivity index (χ3v) is 4.62. The van der Waals surface area contributed by atoms with Gasteiger partial charge in [-0.05, 0) is 44.5 Å². The number of aromatic amines is 1. The summed E-state index contributed by atoms with van der Waals surface area (Å²) in [5.74, 6) is -0.0378. The van der Waals surface area contributed by atoms with Gasteiger partial charge in [0, 0.05) is 45.1 Å². The van der Waals surface area contributed by atoms with Gasteiger partial charge in [-0.2, -0.15) is 0 Å².